The van der Waals surface area contributed by atoms with E-state index in [9.17, 15) is 9.90 Å². The SMILES string of the molecule is C=CC(=O)N1CCc2nn(-c3ccc(C4CCC4)cc3O)c3c2C(C1)NCC3. The smallest absolute Gasteiger partial charge is 0.246 e. The summed E-state index contributed by atoms with van der Waals surface area (Å²) in [6.45, 7) is 5.72. The van der Waals surface area contributed by atoms with Gasteiger partial charge < -0.3 is 15.3 Å². The van der Waals surface area contributed by atoms with Gasteiger partial charge in [-0.1, -0.05) is 19.1 Å². The Morgan fingerprint density at radius 1 is 1.32 bits per heavy atom. The lowest BCUT2D eigenvalue weighted by Gasteiger charge is -2.29. The number of nitrogens with one attached hydrogen (secondary N) is 1. The van der Waals surface area contributed by atoms with E-state index in [1.165, 1.54) is 36.5 Å². The van der Waals surface area contributed by atoms with Gasteiger partial charge in [0, 0.05) is 38.0 Å². The number of benzene rings is 1. The average molecular weight is 378 g/mol. The average Bonchev–Trinajstić information content (AvgIpc) is 2.91. The maximum absolute atomic E-state index is 12.1. The van der Waals surface area contributed by atoms with E-state index in [2.05, 4.69) is 18.0 Å². The molecule has 1 fully saturated rings. The quantitative estimate of drug-likeness (QED) is 0.806. The number of carbonyl (C=O) groups is 1. The summed E-state index contributed by atoms with van der Waals surface area (Å²) in [5.74, 6) is 0.864. The van der Waals surface area contributed by atoms with Gasteiger partial charge in [0.25, 0.3) is 0 Å². The highest BCUT2D eigenvalue weighted by Crippen LogP contribution is 2.39. The molecule has 1 unspecified atom stereocenters. The molecule has 3 aliphatic rings. The summed E-state index contributed by atoms with van der Waals surface area (Å²) in [7, 11) is 0. The molecular formula is C22H26N4O2. The molecule has 2 N–H and O–H groups in total. The summed E-state index contributed by atoms with van der Waals surface area (Å²) in [4.78, 5) is 14.0. The minimum atomic E-state index is -0.0313. The van der Waals surface area contributed by atoms with E-state index in [0.29, 0.717) is 31.2 Å². The topological polar surface area (TPSA) is 70.4 Å². The van der Waals surface area contributed by atoms with Gasteiger partial charge in [0.15, 0.2) is 0 Å². The number of phenols is 1. The second kappa shape index (κ2) is 6.78. The molecule has 1 aromatic heterocycles. The predicted octanol–water partition coefficient (Wildman–Crippen LogP) is 2.60. The standard InChI is InChI=1S/C22H26N4O2/c1-2-21(28)25-11-9-16-22-17(13-25)23-10-8-19(22)26(24-16)18-7-6-15(12-20(18)27)14-4-3-5-14/h2,6-7,12,14,17,23,27H,1,3-5,8-11,13H2. The first-order chi connectivity index (χ1) is 13.7. The van der Waals surface area contributed by atoms with Crippen LogP contribution in [0.15, 0.2) is 30.9 Å². The summed E-state index contributed by atoms with van der Waals surface area (Å²) in [5.41, 5.74) is 5.36. The van der Waals surface area contributed by atoms with E-state index in [4.69, 9.17) is 5.10 Å². The van der Waals surface area contributed by atoms with Crippen molar-refractivity contribution in [2.24, 2.45) is 0 Å². The zero-order chi connectivity index (χ0) is 19.3. The fraction of sp³-hybridized carbons (Fsp3) is 0.455. The molecule has 2 aromatic rings. The Kier molecular flexibility index (Phi) is 4.23. The van der Waals surface area contributed by atoms with Gasteiger partial charge in [-0.3, -0.25) is 4.79 Å². The largest absolute Gasteiger partial charge is 0.506 e. The molecule has 2 aliphatic heterocycles. The second-order valence-corrected chi connectivity index (χ2v) is 8.09. The van der Waals surface area contributed by atoms with Crippen LogP contribution in [0.2, 0.25) is 0 Å². The fourth-order valence-corrected chi connectivity index (χ4v) is 4.76. The van der Waals surface area contributed by atoms with Crippen LogP contribution in [-0.4, -0.2) is 45.3 Å². The van der Waals surface area contributed by atoms with E-state index in [0.717, 1.165) is 30.0 Å². The van der Waals surface area contributed by atoms with E-state index in [1.54, 1.807) is 0 Å². The first-order valence-corrected chi connectivity index (χ1v) is 10.2. The van der Waals surface area contributed by atoms with Gasteiger partial charge in [0.05, 0.1) is 17.4 Å². The molecule has 0 radical (unpaired) electrons. The van der Waals surface area contributed by atoms with Crippen molar-refractivity contribution in [3.8, 4) is 11.4 Å². The molecule has 28 heavy (non-hydrogen) atoms. The van der Waals surface area contributed by atoms with Crippen molar-refractivity contribution >= 4 is 5.91 Å². The molecule has 6 nitrogen and oxygen atoms in total. The molecule has 1 atom stereocenters. The number of rotatable bonds is 3. The molecule has 3 heterocycles. The van der Waals surface area contributed by atoms with Crippen molar-refractivity contribution in [1.29, 1.82) is 0 Å². The third-order valence-electron chi connectivity index (χ3n) is 6.51. The number of hydrogen-bond donors (Lipinski definition) is 2. The van der Waals surface area contributed by atoms with Gasteiger partial charge in [-0.2, -0.15) is 5.10 Å². The molecule has 1 aromatic carbocycles. The Labute approximate surface area is 164 Å². The zero-order valence-electron chi connectivity index (χ0n) is 16.0. The highest BCUT2D eigenvalue weighted by molar-refractivity contribution is 5.87. The van der Waals surface area contributed by atoms with Gasteiger partial charge in [-0.05, 0) is 42.5 Å². The van der Waals surface area contributed by atoms with Crippen LogP contribution in [0.3, 0.4) is 0 Å². The van der Waals surface area contributed by atoms with E-state index >= 15 is 0 Å². The van der Waals surface area contributed by atoms with Crippen molar-refractivity contribution in [3.63, 3.8) is 0 Å². The van der Waals surface area contributed by atoms with E-state index < -0.39 is 0 Å². The van der Waals surface area contributed by atoms with Gasteiger partial charge in [0.2, 0.25) is 5.91 Å². The fourth-order valence-electron chi connectivity index (χ4n) is 4.76. The molecule has 6 heteroatoms. The first-order valence-electron chi connectivity index (χ1n) is 10.2. The summed E-state index contributed by atoms with van der Waals surface area (Å²) < 4.78 is 1.93. The molecular weight excluding hydrogens is 352 g/mol. The van der Waals surface area contributed by atoms with Crippen LogP contribution in [0.25, 0.3) is 5.69 Å². The highest BCUT2D eigenvalue weighted by atomic mass is 16.3. The Morgan fingerprint density at radius 2 is 2.18 bits per heavy atom. The molecule has 5 rings (SSSR count). The summed E-state index contributed by atoms with van der Waals surface area (Å²) in [6.07, 6.45) is 6.67. The number of amides is 1. The van der Waals surface area contributed by atoms with Gasteiger partial charge in [0.1, 0.15) is 11.4 Å². The lowest BCUT2D eigenvalue weighted by atomic mass is 9.80. The predicted molar refractivity (Wildman–Crippen MR) is 107 cm³/mol. The molecule has 1 saturated carbocycles. The molecule has 0 spiro atoms. The molecule has 1 aliphatic carbocycles. The van der Waals surface area contributed by atoms with Crippen LogP contribution >= 0.6 is 0 Å². The van der Waals surface area contributed by atoms with Crippen LogP contribution in [0, 0.1) is 0 Å². The number of phenolic OH excluding ortho intramolecular Hbond substituents is 1. The van der Waals surface area contributed by atoms with Crippen LogP contribution in [0.4, 0.5) is 0 Å². The maximum atomic E-state index is 12.1. The number of aromatic nitrogens is 2. The molecule has 0 saturated heterocycles. The number of carbonyl (C=O) groups excluding carboxylic acids is 1. The second-order valence-electron chi connectivity index (χ2n) is 8.09. The third kappa shape index (κ3) is 2.75. The Hall–Kier alpha value is -2.60. The van der Waals surface area contributed by atoms with Crippen molar-refractivity contribution in [2.75, 3.05) is 19.6 Å². The van der Waals surface area contributed by atoms with Crippen LogP contribution < -0.4 is 5.32 Å². The van der Waals surface area contributed by atoms with E-state index in [-0.39, 0.29) is 11.9 Å². The normalized spacial score (nSPS) is 21.6. The molecule has 1 amide bonds. The highest BCUT2D eigenvalue weighted by Gasteiger charge is 2.34. The first kappa shape index (κ1) is 17.5. The molecule has 0 bridgehead atoms. The summed E-state index contributed by atoms with van der Waals surface area (Å²) in [5, 5.41) is 19.2. The van der Waals surface area contributed by atoms with Crippen molar-refractivity contribution < 1.29 is 9.90 Å². The van der Waals surface area contributed by atoms with Crippen molar-refractivity contribution in [3.05, 3.63) is 53.4 Å². The van der Waals surface area contributed by atoms with Crippen molar-refractivity contribution in [2.45, 2.75) is 44.1 Å². The summed E-state index contributed by atoms with van der Waals surface area (Å²) >= 11 is 0. The Bertz CT molecular complexity index is 944. The third-order valence-corrected chi connectivity index (χ3v) is 6.51. The van der Waals surface area contributed by atoms with Gasteiger partial charge in [-0.15, -0.1) is 0 Å². The Balaban J connectivity index is 1.52. The lowest BCUT2D eigenvalue weighted by molar-refractivity contribution is -0.126. The monoisotopic (exact) mass is 378 g/mol. The van der Waals surface area contributed by atoms with Crippen molar-refractivity contribution in [1.82, 2.24) is 20.0 Å². The molecule has 146 valence electrons. The minimum absolute atomic E-state index is 0.0313. The maximum Gasteiger partial charge on any atom is 0.246 e. The van der Waals surface area contributed by atoms with Crippen LogP contribution in [-0.2, 0) is 17.6 Å². The summed E-state index contributed by atoms with van der Waals surface area (Å²) in [6, 6.07) is 6.15. The van der Waals surface area contributed by atoms with E-state index in [1.807, 2.05) is 21.7 Å². The number of nitrogens with zero attached hydrogens (tertiary/aromatic N) is 3. The lowest BCUT2D eigenvalue weighted by Crippen LogP contribution is -2.40. The number of aromatic hydroxyl groups is 1. The van der Waals surface area contributed by atoms with Crippen LogP contribution in [0.1, 0.15) is 53.7 Å². The zero-order valence-corrected chi connectivity index (χ0v) is 16.0. The Morgan fingerprint density at radius 3 is 2.89 bits per heavy atom. The number of hydrogen-bond acceptors (Lipinski definition) is 4. The minimum Gasteiger partial charge on any atom is -0.506 e. The van der Waals surface area contributed by atoms with Crippen LogP contribution in [0.5, 0.6) is 5.75 Å². The van der Waals surface area contributed by atoms with Gasteiger partial charge in [-0.25, -0.2) is 4.68 Å². The van der Waals surface area contributed by atoms with Gasteiger partial charge >= 0.3 is 0 Å².